The second-order valence-electron chi connectivity index (χ2n) is 11.2. The number of methoxy groups -OCH3 is 1. The van der Waals surface area contributed by atoms with Gasteiger partial charge in [-0.05, 0) is 88.9 Å². The SMILES string of the molecule is CCN(c1cc(Cl)cc(C(=O)NC/C(C(N)=O)=C(\C)NC)c1C)C1CCC(N(C)Cc2cccc(OCCOC)c2)CC1. The number of anilines is 1. The van der Waals surface area contributed by atoms with E-state index in [1.807, 2.05) is 25.1 Å². The first kappa shape index (κ1) is 34.2. The second kappa shape index (κ2) is 16.5. The highest BCUT2D eigenvalue weighted by Gasteiger charge is 2.29. The average molecular weight is 614 g/mol. The molecule has 2 amide bonds. The smallest absolute Gasteiger partial charge is 0.251 e. The summed E-state index contributed by atoms with van der Waals surface area (Å²) in [6.45, 7) is 8.65. The Morgan fingerprint density at radius 2 is 1.79 bits per heavy atom. The Bertz CT molecular complexity index is 1280. The number of allylic oxidation sites excluding steroid dienone is 1. The normalized spacial score (nSPS) is 17.3. The van der Waals surface area contributed by atoms with Crippen LogP contribution in [0.1, 0.15) is 61.0 Å². The lowest BCUT2D eigenvalue weighted by Crippen LogP contribution is -2.43. The minimum absolute atomic E-state index is 0.0300. The van der Waals surface area contributed by atoms with Crippen LogP contribution >= 0.6 is 11.6 Å². The van der Waals surface area contributed by atoms with Crippen molar-refractivity contribution in [3.8, 4) is 5.75 Å². The number of carbonyl (C=O) groups excluding carboxylic acids is 2. The zero-order valence-electron chi connectivity index (χ0n) is 26.5. The molecule has 0 aliphatic heterocycles. The topological polar surface area (TPSA) is 109 Å². The van der Waals surface area contributed by atoms with E-state index >= 15 is 0 Å². The third-order valence-corrected chi connectivity index (χ3v) is 8.63. The van der Waals surface area contributed by atoms with Crippen molar-refractivity contribution in [1.82, 2.24) is 15.5 Å². The van der Waals surface area contributed by atoms with Crippen LogP contribution in [-0.4, -0.2) is 76.3 Å². The predicted octanol–water partition coefficient (Wildman–Crippen LogP) is 4.65. The van der Waals surface area contributed by atoms with Gasteiger partial charge in [0.15, 0.2) is 0 Å². The van der Waals surface area contributed by atoms with E-state index in [0.29, 0.717) is 47.2 Å². The molecule has 0 heterocycles. The van der Waals surface area contributed by atoms with Gasteiger partial charge in [-0.2, -0.15) is 0 Å². The lowest BCUT2D eigenvalue weighted by atomic mass is 9.88. The number of nitrogens with zero attached hydrogens (tertiary/aromatic N) is 2. The fraction of sp³-hybridized carbons (Fsp3) is 0.515. The van der Waals surface area contributed by atoms with Gasteiger partial charge in [0.2, 0.25) is 5.91 Å². The van der Waals surface area contributed by atoms with Crippen LogP contribution in [-0.2, 0) is 16.1 Å². The number of primary amides is 1. The van der Waals surface area contributed by atoms with Gasteiger partial charge in [0.1, 0.15) is 12.4 Å². The van der Waals surface area contributed by atoms with Gasteiger partial charge in [0.25, 0.3) is 5.91 Å². The fourth-order valence-electron chi connectivity index (χ4n) is 5.85. The van der Waals surface area contributed by atoms with E-state index in [4.69, 9.17) is 26.8 Å². The Hall–Kier alpha value is -3.27. The highest BCUT2D eigenvalue weighted by atomic mass is 35.5. The molecule has 1 saturated carbocycles. The van der Waals surface area contributed by atoms with Crippen LogP contribution in [0.4, 0.5) is 5.69 Å². The van der Waals surface area contributed by atoms with Crippen LogP contribution < -0.4 is 26.0 Å². The third kappa shape index (κ3) is 9.36. The van der Waals surface area contributed by atoms with Gasteiger partial charge >= 0.3 is 0 Å². The Balaban J connectivity index is 1.66. The Kier molecular flexibility index (Phi) is 13.2. The minimum atomic E-state index is -0.574. The van der Waals surface area contributed by atoms with E-state index in [1.54, 1.807) is 27.1 Å². The molecule has 1 aliphatic rings. The van der Waals surface area contributed by atoms with Gasteiger partial charge in [-0.15, -0.1) is 0 Å². The van der Waals surface area contributed by atoms with Crippen molar-refractivity contribution >= 4 is 29.1 Å². The van der Waals surface area contributed by atoms with Gasteiger partial charge in [0, 0.05) is 61.3 Å². The molecular weight excluding hydrogens is 566 g/mol. The maximum Gasteiger partial charge on any atom is 0.251 e. The van der Waals surface area contributed by atoms with Crippen LogP contribution in [0.3, 0.4) is 0 Å². The lowest BCUT2D eigenvalue weighted by molar-refractivity contribution is -0.114. The first-order valence-electron chi connectivity index (χ1n) is 15.0. The van der Waals surface area contributed by atoms with E-state index in [1.165, 1.54) is 5.56 Å². The predicted molar refractivity (Wildman–Crippen MR) is 174 cm³/mol. The number of benzene rings is 2. The molecule has 0 radical (unpaired) electrons. The molecule has 0 unspecified atom stereocenters. The lowest BCUT2D eigenvalue weighted by Gasteiger charge is -2.41. The zero-order chi connectivity index (χ0) is 31.5. The van der Waals surface area contributed by atoms with Crippen LogP contribution in [0.25, 0.3) is 0 Å². The molecule has 2 aromatic rings. The monoisotopic (exact) mass is 613 g/mol. The van der Waals surface area contributed by atoms with Crippen molar-refractivity contribution < 1.29 is 19.1 Å². The van der Waals surface area contributed by atoms with E-state index in [-0.39, 0.29) is 12.5 Å². The maximum absolute atomic E-state index is 13.2. The van der Waals surface area contributed by atoms with Gasteiger partial charge in [0.05, 0.1) is 18.7 Å². The van der Waals surface area contributed by atoms with Crippen LogP contribution in [0.15, 0.2) is 47.7 Å². The number of nitrogens with two attached hydrogens (primary N) is 1. The van der Waals surface area contributed by atoms with Crippen molar-refractivity contribution in [2.75, 3.05) is 52.4 Å². The second-order valence-corrected chi connectivity index (χ2v) is 11.6. The molecule has 0 saturated heterocycles. The number of hydrogen-bond donors (Lipinski definition) is 3. The number of nitrogens with one attached hydrogen (secondary N) is 2. The molecule has 0 aromatic heterocycles. The third-order valence-electron chi connectivity index (χ3n) is 8.41. The van der Waals surface area contributed by atoms with Crippen molar-refractivity contribution in [3.05, 3.63) is 69.4 Å². The Morgan fingerprint density at radius 1 is 1.09 bits per heavy atom. The van der Waals surface area contributed by atoms with Crippen molar-refractivity contribution in [1.29, 1.82) is 0 Å². The molecule has 0 spiro atoms. The highest BCUT2D eigenvalue weighted by Crippen LogP contribution is 2.34. The molecule has 0 atom stereocenters. The molecule has 1 aliphatic carbocycles. The van der Waals surface area contributed by atoms with Crippen LogP contribution in [0.5, 0.6) is 5.75 Å². The number of amides is 2. The molecule has 2 aromatic carbocycles. The average Bonchev–Trinajstić information content (AvgIpc) is 2.99. The molecule has 4 N–H and O–H groups in total. The maximum atomic E-state index is 13.2. The van der Waals surface area contributed by atoms with Crippen molar-refractivity contribution in [2.45, 2.75) is 65.1 Å². The van der Waals surface area contributed by atoms with Crippen molar-refractivity contribution in [3.63, 3.8) is 0 Å². The van der Waals surface area contributed by atoms with Gasteiger partial charge in [-0.1, -0.05) is 23.7 Å². The number of hydrogen-bond acceptors (Lipinski definition) is 7. The summed E-state index contributed by atoms with van der Waals surface area (Å²) in [6.07, 6.45) is 4.27. The van der Waals surface area contributed by atoms with Gasteiger partial charge < -0.3 is 30.7 Å². The van der Waals surface area contributed by atoms with Gasteiger partial charge in [-0.3, -0.25) is 14.5 Å². The van der Waals surface area contributed by atoms with Gasteiger partial charge in [-0.25, -0.2) is 0 Å². The zero-order valence-corrected chi connectivity index (χ0v) is 27.2. The molecule has 9 nitrogen and oxygen atoms in total. The number of ether oxygens (including phenoxy) is 2. The van der Waals surface area contributed by atoms with E-state index in [2.05, 4.69) is 46.5 Å². The fourth-order valence-corrected chi connectivity index (χ4v) is 6.06. The highest BCUT2D eigenvalue weighted by molar-refractivity contribution is 6.31. The first-order chi connectivity index (χ1) is 20.6. The number of halogens is 1. The molecule has 0 bridgehead atoms. The van der Waals surface area contributed by atoms with E-state index < -0.39 is 5.91 Å². The first-order valence-corrected chi connectivity index (χ1v) is 15.4. The molecular formula is C33H48ClN5O4. The summed E-state index contributed by atoms with van der Waals surface area (Å²) in [7, 11) is 5.58. The van der Waals surface area contributed by atoms with Crippen LogP contribution in [0.2, 0.25) is 5.02 Å². The largest absolute Gasteiger partial charge is 0.491 e. The van der Waals surface area contributed by atoms with Crippen LogP contribution in [0, 0.1) is 6.92 Å². The molecule has 1 fully saturated rings. The van der Waals surface area contributed by atoms with E-state index in [9.17, 15) is 9.59 Å². The van der Waals surface area contributed by atoms with Crippen molar-refractivity contribution in [2.24, 2.45) is 5.73 Å². The summed E-state index contributed by atoms with van der Waals surface area (Å²) < 4.78 is 10.9. The molecule has 3 rings (SSSR count). The quantitative estimate of drug-likeness (QED) is 0.198. The summed E-state index contributed by atoms with van der Waals surface area (Å²) in [5.41, 5.74) is 10.0. The minimum Gasteiger partial charge on any atom is -0.491 e. The Morgan fingerprint density at radius 3 is 2.42 bits per heavy atom. The summed E-state index contributed by atoms with van der Waals surface area (Å²) >= 11 is 6.56. The molecule has 10 heteroatoms. The van der Waals surface area contributed by atoms with E-state index in [0.717, 1.165) is 55.8 Å². The summed E-state index contributed by atoms with van der Waals surface area (Å²) in [6, 6.07) is 12.8. The summed E-state index contributed by atoms with van der Waals surface area (Å²) in [5.74, 6) is 0.000965. The number of carbonyl (C=O) groups is 2. The standard InChI is InChI=1S/C33H48ClN5O4/c1-7-39(31-19-25(34)18-29(22(31)2)33(41)37-20-30(32(35)40)23(3)36-4)27-13-11-26(12-14-27)38(5)21-24-9-8-10-28(17-24)43-16-15-42-6/h8-10,17-19,26-27,36H,7,11-16,20-21H2,1-6H3,(H2,35,40)(H,37,41)/b30-23-. The number of rotatable bonds is 15. The Labute approximate surface area is 261 Å². The summed E-state index contributed by atoms with van der Waals surface area (Å²) in [5, 5.41) is 6.27. The summed E-state index contributed by atoms with van der Waals surface area (Å²) in [4.78, 5) is 29.9. The molecule has 236 valence electrons. The molecule has 43 heavy (non-hydrogen) atoms.